The van der Waals surface area contributed by atoms with Crippen LogP contribution in [-0.4, -0.2) is 26.4 Å². The molecule has 1 fully saturated rings. The number of fused-ring (bicyclic) bond motifs is 1. The summed E-state index contributed by atoms with van der Waals surface area (Å²) in [6.07, 6.45) is 0.545. The van der Waals surface area contributed by atoms with E-state index in [9.17, 15) is 18.9 Å². The third-order valence-electron chi connectivity index (χ3n) is 2.42. The van der Waals surface area contributed by atoms with Crippen molar-refractivity contribution in [3.63, 3.8) is 0 Å². The Morgan fingerprint density at radius 2 is 2.27 bits per heavy atom. The maximum absolute atomic E-state index is 11.6. The standard InChI is InChI=1S/C8H9NO4S.K/c1-2-4-7(8(11)12)9-5(10)3-6(9)14(4)13;/h6H,2-3H2,1H3,(H,11,12);/q;+1/p-1. The van der Waals surface area contributed by atoms with Crippen LogP contribution in [0.15, 0.2) is 10.6 Å². The van der Waals surface area contributed by atoms with Crippen LogP contribution in [0.4, 0.5) is 0 Å². The zero-order chi connectivity index (χ0) is 10.5. The molecule has 0 aromatic rings. The maximum atomic E-state index is 11.6. The van der Waals surface area contributed by atoms with E-state index in [4.69, 9.17) is 0 Å². The summed E-state index contributed by atoms with van der Waals surface area (Å²) in [4.78, 5) is 23.3. The molecule has 0 bridgehead atoms. The summed E-state index contributed by atoms with van der Waals surface area (Å²) in [6.45, 7) is 1.71. The van der Waals surface area contributed by atoms with Gasteiger partial charge in [0.25, 0.3) is 0 Å². The molecule has 2 heterocycles. The molecular formula is C8H8KNO4S. The fourth-order valence-corrected chi connectivity index (χ4v) is 3.44. The Balaban J connectivity index is 0.00000112. The van der Waals surface area contributed by atoms with Gasteiger partial charge in [-0.1, -0.05) is 6.92 Å². The number of carboxylic acids is 1. The number of rotatable bonds is 2. The largest absolute Gasteiger partial charge is 1.00 e. The Morgan fingerprint density at radius 3 is 2.67 bits per heavy atom. The minimum absolute atomic E-state index is 0. The molecular weight excluding hydrogens is 245 g/mol. The normalized spacial score (nSPS) is 28.3. The first kappa shape index (κ1) is 13.5. The van der Waals surface area contributed by atoms with E-state index in [1.165, 1.54) is 0 Å². The summed E-state index contributed by atoms with van der Waals surface area (Å²) in [5.74, 6) is -1.70. The van der Waals surface area contributed by atoms with Crippen molar-refractivity contribution in [2.45, 2.75) is 25.1 Å². The van der Waals surface area contributed by atoms with E-state index in [2.05, 4.69) is 0 Å². The van der Waals surface area contributed by atoms with Gasteiger partial charge < -0.3 is 9.90 Å². The first-order chi connectivity index (χ1) is 6.57. The summed E-state index contributed by atoms with van der Waals surface area (Å²) in [5, 5.41) is 10.3. The van der Waals surface area contributed by atoms with Crippen molar-refractivity contribution in [3.8, 4) is 0 Å². The van der Waals surface area contributed by atoms with Gasteiger partial charge in [0.05, 0.1) is 28.9 Å². The third-order valence-corrected chi connectivity index (χ3v) is 4.25. The van der Waals surface area contributed by atoms with E-state index < -0.39 is 22.1 Å². The van der Waals surface area contributed by atoms with Crippen LogP contribution < -0.4 is 56.5 Å². The number of amides is 1. The van der Waals surface area contributed by atoms with Gasteiger partial charge in [0.2, 0.25) is 5.91 Å². The molecule has 0 aromatic heterocycles. The van der Waals surface area contributed by atoms with Crippen molar-refractivity contribution in [2.24, 2.45) is 0 Å². The van der Waals surface area contributed by atoms with Gasteiger partial charge in [0.15, 0.2) is 0 Å². The quantitative estimate of drug-likeness (QED) is 0.368. The molecule has 2 atom stereocenters. The first-order valence-corrected chi connectivity index (χ1v) is 5.46. The Morgan fingerprint density at radius 1 is 1.67 bits per heavy atom. The van der Waals surface area contributed by atoms with Crippen LogP contribution in [0.3, 0.4) is 0 Å². The number of carboxylic acid groups (broad SMARTS) is 1. The molecule has 7 heteroatoms. The third kappa shape index (κ3) is 1.89. The molecule has 2 aliphatic heterocycles. The molecule has 0 aromatic carbocycles. The van der Waals surface area contributed by atoms with Crippen LogP contribution in [0.25, 0.3) is 0 Å². The smallest absolute Gasteiger partial charge is 0.543 e. The van der Waals surface area contributed by atoms with Gasteiger partial charge in [-0.15, -0.1) is 0 Å². The van der Waals surface area contributed by atoms with Gasteiger partial charge in [-0.05, 0) is 6.42 Å². The number of aliphatic carboxylic acids is 1. The summed E-state index contributed by atoms with van der Waals surface area (Å²) in [5.41, 5.74) is -0.174. The van der Waals surface area contributed by atoms with E-state index in [-0.39, 0.29) is 69.4 Å². The minimum Gasteiger partial charge on any atom is -0.543 e. The molecule has 2 rings (SSSR count). The molecule has 0 radical (unpaired) electrons. The monoisotopic (exact) mass is 253 g/mol. The fourth-order valence-electron chi connectivity index (χ4n) is 1.74. The van der Waals surface area contributed by atoms with E-state index in [1.807, 2.05) is 0 Å². The van der Waals surface area contributed by atoms with E-state index in [1.54, 1.807) is 6.92 Å². The van der Waals surface area contributed by atoms with Crippen molar-refractivity contribution in [3.05, 3.63) is 10.6 Å². The molecule has 0 N–H and O–H groups in total. The van der Waals surface area contributed by atoms with Crippen molar-refractivity contribution in [2.75, 3.05) is 0 Å². The topological polar surface area (TPSA) is 77.5 Å². The molecule has 2 unspecified atom stereocenters. The number of nitrogens with zero attached hydrogens (tertiary/aromatic N) is 1. The molecule has 0 saturated carbocycles. The number of β-lactam (4-membered cyclic amide) rings is 1. The van der Waals surface area contributed by atoms with Crippen LogP contribution in [-0.2, 0) is 20.4 Å². The van der Waals surface area contributed by atoms with Gasteiger partial charge in [-0.25, -0.2) is 0 Å². The molecule has 1 saturated heterocycles. The molecule has 0 aliphatic carbocycles. The van der Waals surface area contributed by atoms with Crippen LogP contribution in [0.1, 0.15) is 19.8 Å². The maximum Gasteiger partial charge on any atom is 1.00 e. The second-order valence-electron chi connectivity index (χ2n) is 3.13. The predicted molar refractivity (Wildman–Crippen MR) is 45.7 cm³/mol. The van der Waals surface area contributed by atoms with Gasteiger partial charge in [-0.3, -0.25) is 13.9 Å². The number of allylic oxidation sites excluding steroid dienone is 1. The Kier molecular flexibility index (Phi) is 4.30. The average Bonchev–Trinajstić information content (AvgIpc) is 2.34. The first-order valence-electron chi connectivity index (χ1n) is 4.25. The zero-order valence-corrected chi connectivity index (χ0v) is 12.4. The fraction of sp³-hybridized carbons (Fsp3) is 0.500. The summed E-state index contributed by atoms with van der Waals surface area (Å²) < 4.78 is 11.6. The van der Waals surface area contributed by atoms with Crippen molar-refractivity contribution < 1.29 is 70.3 Å². The predicted octanol–water partition coefficient (Wildman–Crippen LogP) is -4.32. The summed E-state index contributed by atoms with van der Waals surface area (Å²) in [6, 6.07) is 0. The van der Waals surface area contributed by atoms with Crippen molar-refractivity contribution in [1.29, 1.82) is 0 Å². The number of hydrogen-bond donors (Lipinski definition) is 0. The van der Waals surface area contributed by atoms with E-state index in [0.717, 1.165) is 4.90 Å². The number of carbonyl (C=O) groups excluding carboxylic acids is 2. The molecule has 5 nitrogen and oxygen atoms in total. The van der Waals surface area contributed by atoms with Crippen LogP contribution >= 0.6 is 0 Å². The Bertz CT molecular complexity index is 392. The van der Waals surface area contributed by atoms with Crippen LogP contribution in [0.5, 0.6) is 0 Å². The van der Waals surface area contributed by atoms with E-state index >= 15 is 0 Å². The summed E-state index contributed by atoms with van der Waals surface area (Å²) >= 11 is 0. The average molecular weight is 253 g/mol. The van der Waals surface area contributed by atoms with Crippen LogP contribution in [0, 0.1) is 0 Å². The van der Waals surface area contributed by atoms with Gasteiger partial charge in [-0.2, -0.15) is 0 Å². The van der Waals surface area contributed by atoms with Crippen molar-refractivity contribution >= 4 is 22.7 Å². The van der Waals surface area contributed by atoms with Gasteiger partial charge >= 0.3 is 51.4 Å². The minimum atomic E-state index is -1.41. The van der Waals surface area contributed by atoms with E-state index in [0.29, 0.717) is 11.3 Å². The molecule has 2 aliphatic rings. The summed E-state index contributed by atoms with van der Waals surface area (Å²) in [7, 11) is -1.36. The molecule has 1 amide bonds. The number of carbonyl (C=O) groups is 2. The van der Waals surface area contributed by atoms with Crippen LogP contribution in [0.2, 0.25) is 0 Å². The van der Waals surface area contributed by atoms with Gasteiger partial charge in [0.1, 0.15) is 5.37 Å². The van der Waals surface area contributed by atoms with Crippen molar-refractivity contribution in [1.82, 2.24) is 4.90 Å². The molecule has 15 heavy (non-hydrogen) atoms. The van der Waals surface area contributed by atoms with Gasteiger partial charge in [0, 0.05) is 4.91 Å². The second-order valence-corrected chi connectivity index (χ2v) is 4.76. The Labute approximate surface area is 132 Å². The number of hydrogen-bond acceptors (Lipinski definition) is 4. The molecule has 0 spiro atoms. The SMILES string of the molecule is CCC1=C(C(=O)[O-])N2C(=O)CC2S1=O.[K+]. The second kappa shape index (κ2) is 4.76. The Hall–Kier alpha value is 0.466. The zero-order valence-electron chi connectivity index (χ0n) is 8.48. The molecule has 76 valence electrons.